The van der Waals surface area contributed by atoms with Gasteiger partial charge in [-0.2, -0.15) is 0 Å². The molecule has 0 saturated heterocycles. The van der Waals surface area contributed by atoms with Crippen LogP contribution in [0.2, 0.25) is 0 Å². The van der Waals surface area contributed by atoms with Gasteiger partial charge in [0.25, 0.3) is 18.2 Å². The molecule has 188 valence electrons. The molecule has 2 aromatic carbocycles. The number of hydrogen-bond acceptors (Lipinski definition) is 5. The molecule has 1 aliphatic rings. The van der Waals surface area contributed by atoms with Crippen LogP contribution in [0.5, 0.6) is 11.5 Å². The van der Waals surface area contributed by atoms with Crippen LogP contribution in [0.3, 0.4) is 0 Å². The summed E-state index contributed by atoms with van der Waals surface area (Å²) in [7, 11) is 0. The number of aliphatic hydroxyl groups is 1. The number of halogens is 2. The predicted octanol–water partition coefficient (Wildman–Crippen LogP) is 3.78. The lowest BCUT2D eigenvalue weighted by Crippen LogP contribution is -2.36. The minimum atomic E-state index is -2.58. The van der Waals surface area contributed by atoms with Gasteiger partial charge >= 0.3 is 0 Å². The number of aliphatic hydroxyl groups excluding tert-OH is 1. The van der Waals surface area contributed by atoms with Crippen molar-refractivity contribution < 1.29 is 33.0 Å². The number of carbonyl (C=O) groups excluding carboxylic acids is 2. The molecule has 35 heavy (non-hydrogen) atoms. The van der Waals surface area contributed by atoms with Crippen LogP contribution in [-0.4, -0.2) is 49.7 Å². The normalized spacial score (nSPS) is 13.4. The maximum Gasteiger partial charge on any atom is 0.272 e. The van der Waals surface area contributed by atoms with Crippen molar-refractivity contribution >= 4 is 17.9 Å². The zero-order valence-electron chi connectivity index (χ0n) is 19.3. The van der Waals surface area contributed by atoms with Crippen molar-refractivity contribution in [2.75, 3.05) is 26.4 Å². The van der Waals surface area contributed by atoms with Crippen LogP contribution in [-0.2, 0) is 4.79 Å². The summed E-state index contributed by atoms with van der Waals surface area (Å²) in [6.07, 6.45) is 3.68. The molecular weight excluding hydrogens is 458 g/mol. The highest BCUT2D eigenvalue weighted by Gasteiger charge is 2.20. The standard InChI is InChI=1S/C26H30F2N2O5/c27-24(28)17-35-22-9-5-19(6-10-22)16-23(26(33)29-13-14-31)30-25(32)20-7-11-21(12-8-20)34-15-1-2-18-3-4-18/h5-12,16,18,24,31H,1-4,13-15,17H2,(H,29,33)(H,30,32). The Hall–Kier alpha value is -3.46. The third-order valence-corrected chi connectivity index (χ3v) is 5.30. The Morgan fingerprint density at radius 1 is 1.03 bits per heavy atom. The minimum absolute atomic E-state index is 0.0131. The molecule has 0 aliphatic heterocycles. The van der Waals surface area contributed by atoms with Crippen LogP contribution >= 0.6 is 0 Å². The van der Waals surface area contributed by atoms with Gasteiger partial charge in [-0.05, 0) is 66.8 Å². The number of hydrogen-bond donors (Lipinski definition) is 3. The lowest BCUT2D eigenvalue weighted by Gasteiger charge is -2.12. The van der Waals surface area contributed by atoms with E-state index in [0.717, 1.165) is 12.3 Å². The number of amides is 2. The van der Waals surface area contributed by atoms with Crippen LogP contribution in [0.4, 0.5) is 8.78 Å². The molecule has 9 heteroatoms. The number of carbonyl (C=O) groups is 2. The number of ether oxygens (including phenoxy) is 2. The maximum absolute atomic E-state index is 12.8. The second-order valence-electron chi connectivity index (χ2n) is 8.22. The summed E-state index contributed by atoms with van der Waals surface area (Å²) in [6, 6.07) is 12.8. The first kappa shape index (κ1) is 26.2. The molecule has 0 spiro atoms. The average molecular weight is 489 g/mol. The van der Waals surface area contributed by atoms with E-state index in [1.165, 1.54) is 37.5 Å². The smallest absolute Gasteiger partial charge is 0.272 e. The first-order chi connectivity index (χ1) is 16.9. The summed E-state index contributed by atoms with van der Waals surface area (Å²) in [4.78, 5) is 25.3. The minimum Gasteiger partial charge on any atom is -0.494 e. The van der Waals surface area contributed by atoms with Gasteiger partial charge in [0, 0.05) is 12.1 Å². The largest absolute Gasteiger partial charge is 0.494 e. The lowest BCUT2D eigenvalue weighted by molar-refractivity contribution is -0.117. The molecule has 1 saturated carbocycles. The summed E-state index contributed by atoms with van der Waals surface area (Å²) in [5.74, 6) is 0.711. The fourth-order valence-electron chi connectivity index (χ4n) is 3.27. The lowest BCUT2D eigenvalue weighted by atomic mass is 10.1. The van der Waals surface area contributed by atoms with E-state index in [2.05, 4.69) is 10.6 Å². The molecule has 3 N–H and O–H groups in total. The monoisotopic (exact) mass is 488 g/mol. The van der Waals surface area contributed by atoms with Crippen molar-refractivity contribution in [2.24, 2.45) is 5.92 Å². The average Bonchev–Trinajstić information content (AvgIpc) is 3.69. The Kier molecular flexibility index (Phi) is 10.0. The van der Waals surface area contributed by atoms with Crippen LogP contribution in [0.1, 0.15) is 41.6 Å². The molecule has 0 atom stereocenters. The fraction of sp³-hybridized carbons (Fsp3) is 0.385. The van der Waals surface area contributed by atoms with Gasteiger partial charge in [-0.15, -0.1) is 0 Å². The number of rotatable bonds is 14. The van der Waals surface area contributed by atoms with E-state index in [1.807, 2.05) is 0 Å². The zero-order valence-corrected chi connectivity index (χ0v) is 19.3. The second-order valence-corrected chi connectivity index (χ2v) is 8.22. The van der Waals surface area contributed by atoms with Crippen LogP contribution < -0.4 is 20.1 Å². The second kappa shape index (κ2) is 13.4. The number of benzene rings is 2. The quantitative estimate of drug-likeness (QED) is 0.278. The van der Waals surface area contributed by atoms with Crippen LogP contribution in [0.15, 0.2) is 54.2 Å². The SMILES string of the molecule is O=C(NCCO)C(=Cc1ccc(OCC(F)F)cc1)NC(=O)c1ccc(OCCCC2CC2)cc1. The first-order valence-electron chi connectivity index (χ1n) is 11.6. The highest BCUT2D eigenvalue weighted by molar-refractivity contribution is 6.05. The molecular formula is C26H30F2N2O5. The first-order valence-corrected chi connectivity index (χ1v) is 11.6. The van der Waals surface area contributed by atoms with Gasteiger partial charge in [-0.25, -0.2) is 8.78 Å². The van der Waals surface area contributed by atoms with Gasteiger partial charge in [-0.1, -0.05) is 25.0 Å². The third-order valence-electron chi connectivity index (χ3n) is 5.30. The van der Waals surface area contributed by atoms with E-state index in [1.54, 1.807) is 36.4 Å². The molecule has 0 radical (unpaired) electrons. The van der Waals surface area contributed by atoms with Gasteiger partial charge in [-0.3, -0.25) is 9.59 Å². The van der Waals surface area contributed by atoms with Crippen molar-refractivity contribution in [1.29, 1.82) is 0 Å². The third kappa shape index (κ3) is 9.36. The fourth-order valence-corrected chi connectivity index (χ4v) is 3.27. The highest BCUT2D eigenvalue weighted by Crippen LogP contribution is 2.33. The van der Waals surface area contributed by atoms with Crippen LogP contribution in [0.25, 0.3) is 6.08 Å². The molecule has 3 rings (SSSR count). The van der Waals surface area contributed by atoms with Crippen molar-refractivity contribution in [3.8, 4) is 11.5 Å². The Bertz CT molecular complexity index is 990. The van der Waals surface area contributed by atoms with Crippen molar-refractivity contribution in [3.63, 3.8) is 0 Å². The van der Waals surface area contributed by atoms with Crippen molar-refractivity contribution in [2.45, 2.75) is 32.1 Å². The summed E-state index contributed by atoms with van der Waals surface area (Å²) in [6.45, 7) is -0.333. The van der Waals surface area contributed by atoms with E-state index in [-0.39, 0.29) is 24.6 Å². The van der Waals surface area contributed by atoms with Gasteiger partial charge in [0.2, 0.25) is 0 Å². The molecule has 0 unspecified atom stereocenters. The van der Waals surface area contributed by atoms with E-state index in [9.17, 15) is 18.4 Å². The molecule has 2 amide bonds. The molecule has 7 nitrogen and oxygen atoms in total. The molecule has 0 aromatic heterocycles. The Morgan fingerprint density at radius 2 is 1.69 bits per heavy atom. The van der Waals surface area contributed by atoms with Gasteiger partial charge in [0.15, 0.2) is 0 Å². The number of alkyl halides is 2. The van der Waals surface area contributed by atoms with Crippen molar-refractivity contribution in [3.05, 3.63) is 65.4 Å². The van der Waals surface area contributed by atoms with Crippen molar-refractivity contribution in [1.82, 2.24) is 10.6 Å². The Balaban J connectivity index is 1.63. The summed E-state index contributed by atoms with van der Waals surface area (Å²) in [5, 5.41) is 14.1. The van der Waals surface area contributed by atoms with E-state index >= 15 is 0 Å². The number of nitrogens with one attached hydrogen (secondary N) is 2. The Morgan fingerprint density at radius 3 is 2.31 bits per heavy atom. The zero-order chi connectivity index (χ0) is 25.0. The predicted molar refractivity (Wildman–Crippen MR) is 127 cm³/mol. The summed E-state index contributed by atoms with van der Waals surface area (Å²) in [5.41, 5.74) is 0.843. The highest BCUT2D eigenvalue weighted by atomic mass is 19.3. The molecule has 0 heterocycles. The molecule has 1 aliphatic carbocycles. The van der Waals surface area contributed by atoms with E-state index in [0.29, 0.717) is 23.5 Å². The summed E-state index contributed by atoms with van der Waals surface area (Å²) >= 11 is 0. The topological polar surface area (TPSA) is 96.9 Å². The molecule has 2 aromatic rings. The molecule has 0 bridgehead atoms. The maximum atomic E-state index is 12.8. The van der Waals surface area contributed by atoms with Gasteiger partial charge < -0.3 is 25.2 Å². The van der Waals surface area contributed by atoms with E-state index < -0.39 is 24.8 Å². The Labute approximate surface area is 203 Å². The van der Waals surface area contributed by atoms with Crippen LogP contribution in [0, 0.1) is 5.92 Å². The van der Waals surface area contributed by atoms with E-state index in [4.69, 9.17) is 14.6 Å². The summed E-state index contributed by atoms with van der Waals surface area (Å²) < 4.78 is 35.3. The van der Waals surface area contributed by atoms with Gasteiger partial charge in [0.1, 0.15) is 23.8 Å². The molecule has 1 fully saturated rings. The van der Waals surface area contributed by atoms with Gasteiger partial charge in [0.05, 0.1) is 13.2 Å².